The Morgan fingerprint density at radius 2 is 0.885 bits per heavy atom. The van der Waals surface area contributed by atoms with Crippen LogP contribution in [-0.4, -0.2) is 69.9 Å². The summed E-state index contributed by atoms with van der Waals surface area (Å²) in [5.74, 6) is -6.32. The molecule has 0 aliphatic rings. The largest absolute Gasteiger partial charge is 0.478 e. The summed E-state index contributed by atoms with van der Waals surface area (Å²) < 4.78 is 0. The van der Waals surface area contributed by atoms with Gasteiger partial charge in [0.25, 0.3) is 0 Å². The smallest absolute Gasteiger partial charge is 0.332 e. The summed E-state index contributed by atoms with van der Waals surface area (Å²) >= 11 is 0. The fraction of sp³-hybridized carbons (Fsp3) is 0.667. The first kappa shape index (κ1) is 23.6. The molecule has 0 aromatic rings. The summed E-state index contributed by atoms with van der Waals surface area (Å²) in [6.45, 7) is 11.2. The predicted octanol–water partition coefficient (Wildman–Crippen LogP) is 1.46. The van der Waals surface area contributed by atoms with E-state index in [4.69, 9.17) is 0 Å². The van der Waals surface area contributed by atoms with Crippen LogP contribution < -0.4 is 0 Å². The molecule has 0 unspecified atom stereocenters. The Hall–Kier alpha value is -2.38. The van der Waals surface area contributed by atoms with Gasteiger partial charge in [-0.15, -0.1) is 0 Å². The van der Waals surface area contributed by atoms with Gasteiger partial charge in [0.1, 0.15) is 0 Å². The number of carboxylic acids is 2. The first-order valence-corrected chi connectivity index (χ1v) is 8.86. The molecule has 8 nitrogen and oxygen atoms in total. The number of aliphatic carboxylic acids is 2. The molecule has 0 fully saturated rings. The van der Waals surface area contributed by atoms with E-state index in [2.05, 4.69) is 0 Å². The van der Waals surface area contributed by atoms with Crippen LogP contribution in [0, 0.1) is 11.8 Å². The third-order valence-corrected chi connectivity index (χ3v) is 4.51. The lowest BCUT2D eigenvalue weighted by molar-refractivity contribution is -0.141. The van der Waals surface area contributed by atoms with Crippen LogP contribution in [0.15, 0.2) is 11.1 Å². The van der Waals surface area contributed by atoms with Gasteiger partial charge in [-0.2, -0.15) is 0 Å². The van der Waals surface area contributed by atoms with E-state index in [-0.39, 0.29) is 0 Å². The number of carbonyl (C=O) groups is 4. The summed E-state index contributed by atoms with van der Waals surface area (Å²) in [4.78, 5) is 51.6. The van der Waals surface area contributed by atoms with Crippen molar-refractivity contribution in [1.82, 2.24) is 9.80 Å². The molecular formula is C18H30N2O6. The Kier molecular flexibility index (Phi) is 9.61. The van der Waals surface area contributed by atoms with E-state index in [1.807, 2.05) is 0 Å². The van der Waals surface area contributed by atoms with Crippen LogP contribution >= 0.6 is 0 Å². The molecule has 0 aromatic heterocycles. The summed E-state index contributed by atoms with van der Waals surface area (Å²) in [6, 6.07) is 0. The van der Waals surface area contributed by atoms with Gasteiger partial charge in [-0.25, -0.2) is 9.59 Å². The van der Waals surface area contributed by atoms with Gasteiger partial charge in [-0.05, 0) is 41.5 Å². The van der Waals surface area contributed by atoms with Gasteiger partial charge in [-0.3, -0.25) is 9.59 Å². The molecule has 0 bridgehead atoms. The molecule has 0 radical (unpaired) electrons. The molecule has 0 saturated carbocycles. The van der Waals surface area contributed by atoms with Gasteiger partial charge in [0, 0.05) is 26.2 Å². The van der Waals surface area contributed by atoms with Crippen LogP contribution in [0.2, 0.25) is 0 Å². The van der Waals surface area contributed by atoms with Crippen molar-refractivity contribution < 1.29 is 29.4 Å². The zero-order chi connectivity index (χ0) is 20.6. The fourth-order valence-corrected chi connectivity index (χ4v) is 2.93. The number of nitrogens with zero attached hydrogens (tertiary/aromatic N) is 2. The van der Waals surface area contributed by atoms with E-state index < -0.39 is 46.7 Å². The molecule has 0 aromatic carbocycles. The minimum atomic E-state index is -1.50. The zero-order valence-corrected chi connectivity index (χ0v) is 16.4. The monoisotopic (exact) mass is 370 g/mol. The van der Waals surface area contributed by atoms with Crippen molar-refractivity contribution in [2.24, 2.45) is 11.8 Å². The minimum absolute atomic E-state index is 0.378. The standard InChI is InChI=1S/C18H30N2O6/c1-7-19(8-2)15(21)11(5)13(17(23)24)14(18(25)26)12(6)16(22)20(9-3)10-4/h11-12H,7-10H2,1-6H3,(H,23,24)(H,25,26)/t11-,12-/m0/s1. The number of hydrogen-bond acceptors (Lipinski definition) is 4. The summed E-state index contributed by atoms with van der Waals surface area (Å²) in [6.07, 6.45) is 0. The van der Waals surface area contributed by atoms with E-state index in [1.54, 1.807) is 27.7 Å². The van der Waals surface area contributed by atoms with Gasteiger partial charge in [0.2, 0.25) is 11.8 Å². The van der Waals surface area contributed by atoms with E-state index in [0.29, 0.717) is 26.2 Å². The second-order valence-corrected chi connectivity index (χ2v) is 5.90. The minimum Gasteiger partial charge on any atom is -0.478 e. The third-order valence-electron chi connectivity index (χ3n) is 4.51. The van der Waals surface area contributed by atoms with Gasteiger partial charge >= 0.3 is 11.9 Å². The van der Waals surface area contributed by atoms with Crippen LogP contribution in [0.1, 0.15) is 41.5 Å². The molecule has 0 spiro atoms. The molecule has 148 valence electrons. The van der Waals surface area contributed by atoms with Gasteiger partial charge < -0.3 is 20.0 Å². The van der Waals surface area contributed by atoms with Crippen LogP contribution in [0.3, 0.4) is 0 Å². The predicted molar refractivity (Wildman–Crippen MR) is 96.5 cm³/mol. The van der Waals surface area contributed by atoms with Crippen molar-refractivity contribution in [2.75, 3.05) is 26.2 Å². The van der Waals surface area contributed by atoms with Crippen molar-refractivity contribution in [3.8, 4) is 0 Å². The third kappa shape index (κ3) is 5.31. The van der Waals surface area contributed by atoms with E-state index in [0.717, 1.165) is 0 Å². The van der Waals surface area contributed by atoms with Gasteiger partial charge in [0.05, 0.1) is 23.0 Å². The lowest BCUT2D eigenvalue weighted by Crippen LogP contribution is -2.40. The first-order chi connectivity index (χ1) is 12.1. The highest BCUT2D eigenvalue weighted by atomic mass is 16.4. The number of amides is 2. The molecule has 0 saturated heterocycles. The Morgan fingerprint density at radius 3 is 1.04 bits per heavy atom. The first-order valence-electron chi connectivity index (χ1n) is 8.86. The molecule has 26 heavy (non-hydrogen) atoms. The summed E-state index contributed by atoms with van der Waals surface area (Å²) in [7, 11) is 0. The Labute approximate surface area is 154 Å². The van der Waals surface area contributed by atoms with Gasteiger partial charge in [0.15, 0.2) is 0 Å². The average Bonchev–Trinajstić information content (AvgIpc) is 2.59. The molecular weight excluding hydrogens is 340 g/mol. The Balaban J connectivity index is 6.28. The average molecular weight is 370 g/mol. The second kappa shape index (κ2) is 10.6. The van der Waals surface area contributed by atoms with Crippen LogP contribution in [-0.2, 0) is 19.2 Å². The quantitative estimate of drug-likeness (QED) is 0.563. The lowest BCUT2D eigenvalue weighted by Gasteiger charge is -2.27. The summed E-state index contributed by atoms with van der Waals surface area (Å²) in [5.41, 5.74) is -1.08. The lowest BCUT2D eigenvalue weighted by atomic mass is 9.87. The van der Waals surface area contributed by atoms with E-state index in [1.165, 1.54) is 23.6 Å². The van der Waals surface area contributed by atoms with Crippen molar-refractivity contribution in [3.05, 3.63) is 11.1 Å². The highest BCUT2D eigenvalue weighted by Gasteiger charge is 2.36. The highest BCUT2D eigenvalue weighted by Crippen LogP contribution is 2.26. The Morgan fingerprint density at radius 1 is 0.654 bits per heavy atom. The topological polar surface area (TPSA) is 115 Å². The van der Waals surface area contributed by atoms with Gasteiger partial charge in [-0.1, -0.05) is 0 Å². The fourth-order valence-electron chi connectivity index (χ4n) is 2.93. The molecule has 8 heteroatoms. The Bertz CT molecular complexity index is 526. The van der Waals surface area contributed by atoms with Crippen molar-refractivity contribution in [2.45, 2.75) is 41.5 Å². The highest BCUT2D eigenvalue weighted by molar-refractivity contribution is 6.06. The van der Waals surface area contributed by atoms with Crippen LogP contribution in [0.4, 0.5) is 0 Å². The second-order valence-electron chi connectivity index (χ2n) is 5.90. The van der Waals surface area contributed by atoms with E-state index >= 15 is 0 Å². The molecule has 0 aliphatic heterocycles. The number of carbonyl (C=O) groups excluding carboxylic acids is 2. The van der Waals surface area contributed by atoms with Crippen molar-refractivity contribution in [1.29, 1.82) is 0 Å². The maximum absolute atomic E-state index is 12.6. The zero-order valence-electron chi connectivity index (χ0n) is 16.4. The molecule has 2 N–H and O–H groups in total. The molecule has 0 aliphatic carbocycles. The molecule has 2 amide bonds. The maximum atomic E-state index is 12.6. The number of rotatable bonds is 10. The summed E-state index contributed by atoms with van der Waals surface area (Å²) in [5, 5.41) is 19.2. The molecule has 0 rings (SSSR count). The van der Waals surface area contributed by atoms with Crippen LogP contribution in [0.25, 0.3) is 0 Å². The maximum Gasteiger partial charge on any atom is 0.332 e. The SMILES string of the molecule is CCN(CC)C(=O)[C@@H](C)C(C(=O)O)=C(C(=O)O)[C@H](C)C(=O)N(CC)CC. The van der Waals surface area contributed by atoms with Crippen molar-refractivity contribution in [3.63, 3.8) is 0 Å². The number of hydrogen-bond donors (Lipinski definition) is 2. The van der Waals surface area contributed by atoms with E-state index in [9.17, 15) is 29.4 Å². The number of carboxylic acid groups (broad SMARTS) is 2. The van der Waals surface area contributed by atoms with Crippen molar-refractivity contribution >= 4 is 23.8 Å². The molecule has 2 atom stereocenters. The van der Waals surface area contributed by atoms with Crippen LogP contribution in [0.5, 0.6) is 0 Å². The molecule has 0 heterocycles. The normalized spacial score (nSPS) is 14.1.